The zero-order chi connectivity index (χ0) is 13.8. The van der Waals surface area contributed by atoms with Crippen molar-refractivity contribution in [2.24, 2.45) is 5.73 Å². The number of rotatable bonds is 4. The van der Waals surface area contributed by atoms with Gasteiger partial charge in [-0.05, 0) is 48.4 Å². The molecule has 2 rings (SSSR count). The fourth-order valence-electron chi connectivity index (χ4n) is 1.59. The molecular weight excluding hydrogens is 262 g/mol. The Bertz CT molecular complexity index is 613. The van der Waals surface area contributed by atoms with E-state index in [1.165, 1.54) is 0 Å². The quantitative estimate of drug-likeness (QED) is 0.666. The summed E-state index contributed by atoms with van der Waals surface area (Å²) in [4.78, 5) is 4.00. The lowest BCUT2D eigenvalue weighted by Crippen LogP contribution is -2.13. The highest BCUT2D eigenvalue weighted by atomic mass is 35.5. The van der Waals surface area contributed by atoms with E-state index < -0.39 is 0 Å². The summed E-state index contributed by atoms with van der Waals surface area (Å²) in [6, 6.07) is 9.08. The van der Waals surface area contributed by atoms with Gasteiger partial charge < -0.3 is 10.5 Å². The molecule has 0 aliphatic heterocycles. The third kappa shape index (κ3) is 3.45. The van der Waals surface area contributed by atoms with Crippen molar-refractivity contribution in [3.8, 4) is 5.75 Å². The molecule has 0 bridgehead atoms. The molecule has 1 heterocycles. The first-order chi connectivity index (χ1) is 9.06. The topological polar surface area (TPSA) is 72.0 Å². The van der Waals surface area contributed by atoms with E-state index in [1.54, 1.807) is 18.3 Å². The van der Waals surface area contributed by atoms with E-state index in [1.807, 2.05) is 25.1 Å². The second-order valence-electron chi connectivity index (χ2n) is 4.16. The number of nitrogens with one attached hydrogen (secondary N) is 1. The van der Waals surface area contributed by atoms with Crippen LogP contribution in [0.4, 0.5) is 0 Å². The van der Waals surface area contributed by atoms with Crippen LogP contribution in [0, 0.1) is 12.3 Å². The summed E-state index contributed by atoms with van der Waals surface area (Å²) < 4.78 is 5.66. The van der Waals surface area contributed by atoms with Gasteiger partial charge in [0.15, 0.2) is 0 Å². The Kier molecular flexibility index (Phi) is 4.02. The Morgan fingerprint density at radius 3 is 2.84 bits per heavy atom. The fourth-order valence-corrected chi connectivity index (χ4v) is 1.70. The minimum Gasteiger partial charge on any atom is -0.489 e. The highest BCUT2D eigenvalue weighted by molar-refractivity contribution is 6.31. The van der Waals surface area contributed by atoms with E-state index >= 15 is 0 Å². The predicted molar refractivity (Wildman–Crippen MR) is 75.8 cm³/mol. The van der Waals surface area contributed by atoms with E-state index in [2.05, 4.69) is 4.98 Å². The SMILES string of the molecule is Cc1cc(OCc2ccnc(C(=N)N)c2)ccc1Cl. The summed E-state index contributed by atoms with van der Waals surface area (Å²) in [7, 11) is 0. The molecule has 1 aromatic carbocycles. The standard InChI is InChI=1S/C14H14ClN3O/c1-9-6-11(2-3-12(9)15)19-8-10-4-5-18-13(7-10)14(16)17/h2-7H,8H2,1H3,(H3,16,17). The van der Waals surface area contributed by atoms with Crippen LogP contribution >= 0.6 is 11.6 Å². The molecule has 0 fully saturated rings. The van der Waals surface area contributed by atoms with Crippen LogP contribution in [0.25, 0.3) is 0 Å². The Balaban J connectivity index is 2.07. The highest BCUT2D eigenvalue weighted by Gasteiger charge is 2.02. The van der Waals surface area contributed by atoms with Gasteiger partial charge in [0.2, 0.25) is 0 Å². The molecule has 0 radical (unpaired) electrons. The second-order valence-corrected chi connectivity index (χ2v) is 4.57. The van der Waals surface area contributed by atoms with Gasteiger partial charge in [-0.1, -0.05) is 11.6 Å². The van der Waals surface area contributed by atoms with Crippen molar-refractivity contribution in [2.75, 3.05) is 0 Å². The summed E-state index contributed by atoms with van der Waals surface area (Å²) >= 11 is 5.95. The van der Waals surface area contributed by atoms with Gasteiger partial charge in [0.05, 0.1) is 0 Å². The number of amidine groups is 1. The molecule has 1 aromatic heterocycles. The molecule has 0 aliphatic rings. The first-order valence-corrected chi connectivity index (χ1v) is 6.12. The van der Waals surface area contributed by atoms with Crippen LogP contribution in [0.2, 0.25) is 5.02 Å². The minimum absolute atomic E-state index is 0.0517. The molecule has 4 nitrogen and oxygen atoms in total. The van der Waals surface area contributed by atoms with Crippen LogP contribution in [0.15, 0.2) is 36.5 Å². The normalized spacial score (nSPS) is 10.2. The van der Waals surface area contributed by atoms with Gasteiger partial charge in [-0.3, -0.25) is 10.4 Å². The number of aromatic nitrogens is 1. The Labute approximate surface area is 116 Å². The molecule has 19 heavy (non-hydrogen) atoms. The van der Waals surface area contributed by atoms with E-state index in [-0.39, 0.29) is 5.84 Å². The molecule has 0 atom stereocenters. The molecule has 2 aromatic rings. The second kappa shape index (κ2) is 5.71. The molecule has 98 valence electrons. The lowest BCUT2D eigenvalue weighted by atomic mass is 10.2. The first kappa shape index (κ1) is 13.4. The van der Waals surface area contributed by atoms with Crippen molar-refractivity contribution < 1.29 is 4.74 Å². The van der Waals surface area contributed by atoms with Crippen LogP contribution in [0.5, 0.6) is 5.75 Å². The zero-order valence-electron chi connectivity index (χ0n) is 10.5. The lowest BCUT2D eigenvalue weighted by molar-refractivity contribution is 0.306. The van der Waals surface area contributed by atoms with Gasteiger partial charge in [0, 0.05) is 11.2 Å². The molecule has 0 amide bonds. The summed E-state index contributed by atoms with van der Waals surface area (Å²) in [6.07, 6.45) is 1.61. The number of aryl methyl sites for hydroxylation is 1. The maximum Gasteiger partial charge on any atom is 0.141 e. The Morgan fingerprint density at radius 1 is 1.37 bits per heavy atom. The van der Waals surface area contributed by atoms with Crippen molar-refractivity contribution in [1.29, 1.82) is 5.41 Å². The number of hydrogen-bond acceptors (Lipinski definition) is 3. The number of pyridine rings is 1. The average Bonchev–Trinajstić information content (AvgIpc) is 2.40. The van der Waals surface area contributed by atoms with Crippen molar-refractivity contribution >= 4 is 17.4 Å². The van der Waals surface area contributed by atoms with Crippen molar-refractivity contribution in [2.45, 2.75) is 13.5 Å². The largest absolute Gasteiger partial charge is 0.489 e. The number of hydrogen-bond donors (Lipinski definition) is 2. The average molecular weight is 276 g/mol. The number of nitrogen functional groups attached to an aromatic ring is 1. The predicted octanol–water partition coefficient (Wildman–Crippen LogP) is 2.91. The lowest BCUT2D eigenvalue weighted by Gasteiger charge is -2.08. The number of nitrogens with zero attached hydrogens (tertiary/aromatic N) is 1. The Hall–Kier alpha value is -2.07. The van der Waals surface area contributed by atoms with Crippen LogP contribution in [0.1, 0.15) is 16.8 Å². The van der Waals surface area contributed by atoms with Crippen LogP contribution in [-0.4, -0.2) is 10.8 Å². The van der Waals surface area contributed by atoms with E-state index in [0.29, 0.717) is 12.3 Å². The van der Waals surface area contributed by atoms with Gasteiger partial charge in [-0.15, -0.1) is 0 Å². The van der Waals surface area contributed by atoms with E-state index in [0.717, 1.165) is 21.9 Å². The van der Waals surface area contributed by atoms with Gasteiger partial charge in [0.1, 0.15) is 23.9 Å². The van der Waals surface area contributed by atoms with Crippen molar-refractivity contribution in [3.05, 3.63) is 58.4 Å². The number of ether oxygens (including phenoxy) is 1. The smallest absolute Gasteiger partial charge is 0.141 e. The third-order valence-corrected chi connectivity index (χ3v) is 3.06. The molecular formula is C14H14ClN3O. The van der Waals surface area contributed by atoms with Gasteiger partial charge in [0.25, 0.3) is 0 Å². The van der Waals surface area contributed by atoms with E-state index in [4.69, 9.17) is 27.5 Å². The summed E-state index contributed by atoms with van der Waals surface area (Å²) in [5.41, 5.74) is 7.72. The van der Waals surface area contributed by atoms with Crippen LogP contribution in [0.3, 0.4) is 0 Å². The number of nitrogens with two attached hydrogens (primary N) is 1. The minimum atomic E-state index is -0.0517. The zero-order valence-corrected chi connectivity index (χ0v) is 11.2. The van der Waals surface area contributed by atoms with Gasteiger partial charge in [-0.25, -0.2) is 0 Å². The number of halogens is 1. The maximum absolute atomic E-state index is 7.34. The van der Waals surface area contributed by atoms with Crippen molar-refractivity contribution in [1.82, 2.24) is 4.98 Å². The monoisotopic (exact) mass is 275 g/mol. The van der Waals surface area contributed by atoms with Crippen LogP contribution < -0.4 is 10.5 Å². The maximum atomic E-state index is 7.34. The highest BCUT2D eigenvalue weighted by Crippen LogP contribution is 2.21. The fraction of sp³-hybridized carbons (Fsp3) is 0.143. The molecule has 0 aliphatic carbocycles. The molecule has 0 saturated carbocycles. The molecule has 3 N–H and O–H groups in total. The van der Waals surface area contributed by atoms with Crippen LogP contribution in [-0.2, 0) is 6.61 Å². The first-order valence-electron chi connectivity index (χ1n) is 5.74. The Morgan fingerprint density at radius 2 is 2.16 bits per heavy atom. The third-order valence-electron chi connectivity index (χ3n) is 2.64. The van der Waals surface area contributed by atoms with Gasteiger partial charge >= 0.3 is 0 Å². The van der Waals surface area contributed by atoms with Crippen molar-refractivity contribution in [3.63, 3.8) is 0 Å². The number of benzene rings is 1. The van der Waals surface area contributed by atoms with Gasteiger partial charge in [-0.2, -0.15) is 0 Å². The summed E-state index contributed by atoms with van der Waals surface area (Å²) in [6.45, 7) is 2.32. The molecule has 5 heteroatoms. The summed E-state index contributed by atoms with van der Waals surface area (Å²) in [5, 5.41) is 8.06. The summed E-state index contributed by atoms with van der Waals surface area (Å²) in [5.74, 6) is 0.701. The molecule has 0 spiro atoms. The molecule has 0 saturated heterocycles. The van der Waals surface area contributed by atoms with E-state index in [9.17, 15) is 0 Å². The molecule has 0 unspecified atom stereocenters.